The fraction of sp³-hybridized carbons (Fsp3) is 0.149. The third kappa shape index (κ3) is 3.05. The molecule has 0 heteroatoms. The maximum atomic E-state index is 2.59. The quantitative estimate of drug-likeness (QED) is 0.152. The summed E-state index contributed by atoms with van der Waals surface area (Å²) >= 11 is 0. The highest BCUT2D eigenvalue weighted by Crippen LogP contribution is 2.60. The molecule has 0 amide bonds. The number of fused-ring (bicyclic) bond motifs is 14. The van der Waals surface area contributed by atoms with Crippen molar-refractivity contribution in [2.24, 2.45) is 0 Å². The van der Waals surface area contributed by atoms with Crippen LogP contribution >= 0.6 is 0 Å². The second-order valence-corrected chi connectivity index (χ2v) is 14.9. The van der Waals surface area contributed by atoms with Gasteiger partial charge >= 0.3 is 0 Å². The number of benzene rings is 9. The first-order chi connectivity index (χ1) is 22.3. The second kappa shape index (κ2) is 8.58. The van der Waals surface area contributed by atoms with Gasteiger partial charge in [-0.1, -0.05) is 138 Å². The van der Waals surface area contributed by atoms with Crippen molar-refractivity contribution >= 4 is 64.6 Å². The average Bonchev–Trinajstić information content (AvgIpc) is 3.45. The summed E-state index contributed by atoms with van der Waals surface area (Å²) in [7, 11) is 0. The van der Waals surface area contributed by atoms with E-state index in [9.17, 15) is 0 Å². The van der Waals surface area contributed by atoms with Gasteiger partial charge in [0, 0.05) is 10.8 Å². The van der Waals surface area contributed by atoms with Gasteiger partial charge < -0.3 is 0 Å². The Morgan fingerprint density at radius 2 is 0.936 bits per heavy atom. The molecule has 0 heterocycles. The molecule has 9 aromatic rings. The molecule has 2 aliphatic carbocycles. The van der Waals surface area contributed by atoms with Crippen LogP contribution in [0.5, 0.6) is 0 Å². The van der Waals surface area contributed by atoms with E-state index in [1.165, 1.54) is 109 Å². The summed E-state index contributed by atoms with van der Waals surface area (Å²) < 4.78 is 0. The minimum atomic E-state index is -0.152. The van der Waals surface area contributed by atoms with Crippen LogP contribution in [0.25, 0.3) is 86.9 Å². The average molecular weight is 601 g/mol. The summed E-state index contributed by atoms with van der Waals surface area (Å²) in [6.45, 7) is 9.79. The molecule has 47 heavy (non-hydrogen) atoms. The number of hydrogen-bond donors (Lipinski definition) is 0. The smallest absolute Gasteiger partial charge is 0.0165 e. The van der Waals surface area contributed by atoms with Crippen molar-refractivity contribution in [3.8, 4) is 22.3 Å². The van der Waals surface area contributed by atoms with Crippen molar-refractivity contribution in [1.82, 2.24) is 0 Å². The lowest BCUT2D eigenvalue weighted by molar-refractivity contribution is 0.655. The van der Waals surface area contributed by atoms with Gasteiger partial charge in [-0.2, -0.15) is 0 Å². The first-order valence-electron chi connectivity index (χ1n) is 16.6. The molecule has 0 saturated heterocycles. The molecule has 0 nitrogen and oxygen atoms in total. The lowest BCUT2D eigenvalue weighted by Crippen LogP contribution is -2.17. The molecule has 0 spiro atoms. The molecule has 0 fully saturated rings. The molecule has 11 rings (SSSR count). The molecule has 0 saturated carbocycles. The normalized spacial score (nSPS) is 15.4. The van der Waals surface area contributed by atoms with Gasteiger partial charge in [-0.15, -0.1) is 0 Å². The van der Waals surface area contributed by atoms with Gasteiger partial charge in [0.15, 0.2) is 0 Å². The van der Waals surface area contributed by atoms with Crippen molar-refractivity contribution in [3.05, 3.63) is 144 Å². The van der Waals surface area contributed by atoms with Crippen LogP contribution < -0.4 is 0 Å². The van der Waals surface area contributed by atoms with Crippen LogP contribution in [0.2, 0.25) is 0 Å². The van der Waals surface area contributed by atoms with Crippen LogP contribution in [-0.2, 0) is 10.8 Å². The lowest BCUT2D eigenvalue weighted by Gasteiger charge is -2.25. The van der Waals surface area contributed by atoms with E-state index in [0.717, 1.165) is 0 Å². The Labute approximate surface area is 275 Å². The largest absolute Gasteiger partial charge is 0.0776 e. The first-order valence-corrected chi connectivity index (χ1v) is 16.6. The molecular formula is C47H36. The Kier molecular flexibility index (Phi) is 4.92. The van der Waals surface area contributed by atoms with Gasteiger partial charge in [0.05, 0.1) is 0 Å². The van der Waals surface area contributed by atoms with Gasteiger partial charge in [-0.3, -0.25) is 0 Å². The fourth-order valence-electron chi connectivity index (χ4n) is 9.81. The van der Waals surface area contributed by atoms with Crippen molar-refractivity contribution in [1.29, 1.82) is 0 Å². The lowest BCUT2D eigenvalue weighted by atomic mass is 9.77. The van der Waals surface area contributed by atoms with E-state index in [2.05, 4.69) is 149 Å². The van der Waals surface area contributed by atoms with E-state index < -0.39 is 0 Å². The Hall–Kier alpha value is -5.20. The predicted molar refractivity (Wildman–Crippen MR) is 205 cm³/mol. The van der Waals surface area contributed by atoms with E-state index in [1.54, 1.807) is 0 Å². The summed E-state index contributed by atoms with van der Waals surface area (Å²) in [5.74, 6) is 0. The summed E-state index contributed by atoms with van der Waals surface area (Å²) in [6, 6.07) is 46.5. The van der Waals surface area contributed by atoms with E-state index in [0.29, 0.717) is 0 Å². The molecule has 0 aromatic heterocycles. The minimum Gasteiger partial charge on any atom is -0.0776 e. The maximum Gasteiger partial charge on any atom is 0.0165 e. The minimum absolute atomic E-state index is 0. The van der Waals surface area contributed by atoms with Crippen LogP contribution in [0, 0.1) is 0 Å². The Balaban J connectivity index is 0.00000285. The third-order valence-electron chi connectivity index (χ3n) is 11.9. The van der Waals surface area contributed by atoms with Crippen LogP contribution in [0.4, 0.5) is 0 Å². The van der Waals surface area contributed by atoms with E-state index in [4.69, 9.17) is 0 Å². The third-order valence-corrected chi connectivity index (χ3v) is 11.9. The van der Waals surface area contributed by atoms with E-state index in [-0.39, 0.29) is 18.3 Å². The molecule has 224 valence electrons. The van der Waals surface area contributed by atoms with Crippen molar-refractivity contribution < 1.29 is 0 Å². The van der Waals surface area contributed by atoms with Gasteiger partial charge in [0.1, 0.15) is 0 Å². The van der Waals surface area contributed by atoms with E-state index >= 15 is 0 Å². The zero-order valence-corrected chi connectivity index (χ0v) is 26.5. The number of hydrogen-bond acceptors (Lipinski definition) is 0. The summed E-state index contributed by atoms with van der Waals surface area (Å²) in [6.07, 6.45) is 0. The van der Waals surface area contributed by atoms with Crippen LogP contribution in [0.3, 0.4) is 0 Å². The molecule has 0 bridgehead atoms. The predicted octanol–water partition coefficient (Wildman–Crippen LogP) is 13.3. The second-order valence-electron chi connectivity index (χ2n) is 14.9. The van der Waals surface area contributed by atoms with Crippen molar-refractivity contribution in [3.63, 3.8) is 0 Å². The summed E-state index contributed by atoms with van der Waals surface area (Å²) in [5, 5.41) is 16.3. The Bertz CT molecular complexity index is 2830. The Morgan fingerprint density at radius 3 is 1.72 bits per heavy atom. The highest BCUT2D eigenvalue weighted by atomic mass is 14.5. The van der Waals surface area contributed by atoms with E-state index in [1.807, 2.05) is 0 Å². The summed E-state index contributed by atoms with van der Waals surface area (Å²) in [4.78, 5) is 0. The van der Waals surface area contributed by atoms with Crippen molar-refractivity contribution in [2.45, 2.75) is 46.0 Å². The molecule has 0 N–H and O–H groups in total. The topological polar surface area (TPSA) is 0 Å². The molecule has 9 aromatic carbocycles. The van der Waals surface area contributed by atoms with Gasteiger partial charge in [-0.25, -0.2) is 0 Å². The zero-order valence-electron chi connectivity index (χ0n) is 26.5. The molecular weight excluding hydrogens is 565 g/mol. The van der Waals surface area contributed by atoms with Crippen LogP contribution in [-0.4, -0.2) is 0 Å². The molecule has 0 unspecified atom stereocenters. The SMILES string of the molecule is C.CC1(C)c2cc3c(cc2-c2c1cc1ccc4cccc5ccc2c1c45)C(C)(C)c1c-3c2ccccc2c2c1ccc1ccccc12. The highest BCUT2D eigenvalue weighted by Gasteiger charge is 2.44. The maximum absolute atomic E-state index is 2.59. The molecule has 0 radical (unpaired) electrons. The monoisotopic (exact) mass is 600 g/mol. The Morgan fingerprint density at radius 1 is 0.362 bits per heavy atom. The number of rotatable bonds is 0. The molecule has 0 aliphatic heterocycles. The first kappa shape index (κ1) is 27.0. The zero-order chi connectivity index (χ0) is 30.7. The van der Waals surface area contributed by atoms with Gasteiger partial charge in [0.25, 0.3) is 0 Å². The fourth-order valence-corrected chi connectivity index (χ4v) is 9.81. The van der Waals surface area contributed by atoms with Crippen molar-refractivity contribution in [2.75, 3.05) is 0 Å². The molecule has 0 atom stereocenters. The van der Waals surface area contributed by atoms with Crippen LogP contribution in [0.1, 0.15) is 57.4 Å². The standard InChI is InChI=1S/C46H32.CH4/c1-45(2)36-24-35-37(23-34(36)42-32-20-19-27-12-9-11-26-16-17-28(22-38(42)45)40(32)39(26)27)46(3,4)44-33-21-18-25-10-5-6-13-29(25)41(33)30-14-7-8-15-31(30)43(35)44;/h5-24H,1-4H3;1H4. The highest BCUT2D eigenvalue weighted by molar-refractivity contribution is 6.28. The van der Waals surface area contributed by atoms with Gasteiger partial charge in [-0.05, 0) is 127 Å². The summed E-state index contributed by atoms with van der Waals surface area (Å²) in [5.41, 5.74) is 11.2. The molecule has 2 aliphatic rings. The van der Waals surface area contributed by atoms with Gasteiger partial charge in [0.2, 0.25) is 0 Å². The van der Waals surface area contributed by atoms with Crippen LogP contribution in [0.15, 0.2) is 121 Å².